The molecule has 1 aliphatic carbocycles. The number of amides is 2. The van der Waals surface area contributed by atoms with Crippen molar-refractivity contribution < 1.29 is 32.6 Å². The van der Waals surface area contributed by atoms with E-state index in [1.165, 1.54) is 10.8 Å². The van der Waals surface area contributed by atoms with Crippen molar-refractivity contribution in [2.45, 2.75) is 57.2 Å². The Hall–Kier alpha value is -4.90. The van der Waals surface area contributed by atoms with Crippen molar-refractivity contribution in [2.24, 2.45) is 0 Å². The molecule has 2 N–H and O–H groups in total. The van der Waals surface area contributed by atoms with Crippen molar-refractivity contribution >= 4 is 40.5 Å². The minimum Gasteiger partial charge on any atom is -0.504 e. The molecule has 0 aromatic carbocycles. The maximum atomic E-state index is 14.2. The molecule has 4 aromatic rings. The van der Waals surface area contributed by atoms with Gasteiger partial charge in [-0.05, 0) is 56.7 Å². The van der Waals surface area contributed by atoms with Crippen molar-refractivity contribution in [3.63, 3.8) is 0 Å². The van der Waals surface area contributed by atoms with E-state index in [9.17, 15) is 32.7 Å². The fourth-order valence-corrected chi connectivity index (χ4v) is 7.04. The van der Waals surface area contributed by atoms with Crippen molar-refractivity contribution in [3.05, 3.63) is 74.2 Å². The number of piperidine rings is 1. The second kappa shape index (κ2) is 12.2. The van der Waals surface area contributed by atoms with Crippen LogP contribution in [0.3, 0.4) is 0 Å². The van der Waals surface area contributed by atoms with Crippen molar-refractivity contribution in [1.29, 1.82) is 0 Å². The molecule has 4 aromatic heterocycles. The first-order valence-corrected chi connectivity index (χ1v) is 15.9. The first-order chi connectivity index (χ1) is 23.4. The lowest BCUT2D eigenvalue weighted by Crippen LogP contribution is -2.46. The van der Waals surface area contributed by atoms with Gasteiger partial charge in [0.25, 0.3) is 11.5 Å². The van der Waals surface area contributed by atoms with Crippen LogP contribution in [0.15, 0.2) is 29.3 Å². The standard InChI is InChI=1S/C31H29ClF3N9O5/c1-16-24(46)23(37-15-36-16)28(48)42-10-8-30(9-11-42)7-4-19-22(30)27(47)44-29(40-26(41-44)17-5-12-49-13-6-17)43(19)14-21(45)38-18-2-3-20(31(33,34)35)39-25(18)32/h2-3,5,15,46H,4,6-14H2,1H3,(H,38,45). The summed E-state index contributed by atoms with van der Waals surface area (Å²) >= 11 is 6.00. The van der Waals surface area contributed by atoms with Gasteiger partial charge in [0.1, 0.15) is 18.6 Å². The number of carbonyl (C=O) groups excluding carboxylic acids is 2. The number of ether oxygens (including phenoxy) is 1. The van der Waals surface area contributed by atoms with Crippen LogP contribution in [0.2, 0.25) is 5.15 Å². The van der Waals surface area contributed by atoms with E-state index in [1.807, 2.05) is 6.08 Å². The van der Waals surface area contributed by atoms with Gasteiger partial charge in [-0.1, -0.05) is 17.7 Å². The molecule has 0 radical (unpaired) electrons. The molecule has 18 heteroatoms. The van der Waals surface area contributed by atoms with Crippen LogP contribution < -0.4 is 10.9 Å². The maximum Gasteiger partial charge on any atom is 0.433 e. The van der Waals surface area contributed by atoms with E-state index in [2.05, 4.69) is 30.4 Å². The minimum absolute atomic E-state index is 0.0914. The average molecular weight is 700 g/mol. The van der Waals surface area contributed by atoms with E-state index in [0.717, 1.165) is 17.7 Å². The van der Waals surface area contributed by atoms with E-state index in [1.54, 1.807) is 16.4 Å². The number of hydrogen-bond acceptors (Lipinski definition) is 10. The van der Waals surface area contributed by atoms with Crippen molar-refractivity contribution in [1.82, 2.24) is 39.0 Å². The van der Waals surface area contributed by atoms with Gasteiger partial charge in [-0.15, -0.1) is 5.10 Å². The molecule has 7 rings (SSSR count). The van der Waals surface area contributed by atoms with Crippen LogP contribution in [-0.4, -0.2) is 82.2 Å². The third kappa shape index (κ3) is 5.79. The number of anilines is 1. The number of fused-ring (bicyclic) bond motifs is 3. The molecule has 14 nitrogen and oxygen atoms in total. The number of aromatic hydroxyl groups is 1. The smallest absolute Gasteiger partial charge is 0.433 e. The zero-order valence-electron chi connectivity index (χ0n) is 26.1. The topological polar surface area (TPSA) is 170 Å². The largest absolute Gasteiger partial charge is 0.504 e. The number of hydrogen-bond donors (Lipinski definition) is 2. The third-order valence-electron chi connectivity index (χ3n) is 9.40. The number of halogens is 4. The van der Waals surface area contributed by atoms with E-state index in [-0.39, 0.29) is 53.8 Å². The quantitative estimate of drug-likeness (QED) is 0.295. The summed E-state index contributed by atoms with van der Waals surface area (Å²) in [6.45, 7) is 2.61. The summed E-state index contributed by atoms with van der Waals surface area (Å²) in [6.07, 6.45) is 0.718. The highest BCUT2D eigenvalue weighted by Crippen LogP contribution is 2.45. The van der Waals surface area contributed by atoms with Crippen LogP contribution in [0.5, 0.6) is 5.75 Å². The van der Waals surface area contributed by atoms with E-state index in [0.29, 0.717) is 62.4 Å². The Kier molecular flexibility index (Phi) is 8.13. The molecule has 2 amide bonds. The van der Waals surface area contributed by atoms with Crippen LogP contribution in [0.25, 0.3) is 11.4 Å². The molecule has 0 bridgehead atoms. The fraction of sp³-hybridized carbons (Fsp3) is 0.419. The van der Waals surface area contributed by atoms with Crippen molar-refractivity contribution in [2.75, 3.05) is 31.6 Å². The molecule has 0 atom stereocenters. The molecule has 1 spiro atoms. The second-order valence-electron chi connectivity index (χ2n) is 12.2. The van der Waals surface area contributed by atoms with Crippen LogP contribution in [-0.2, 0) is 34.1 Å². The third-order valence-corrected chi connectivity index (χ3v) is 9.69. The van der Waals surface area contributed by atoms with Crippen LogP contribution in [0.4, 0.5) is 18.9 Å². The van der Waals surface area contributed by atoms with Crippen molar-refractivity contribution in [3.8, 4) is 5.75 Å². The summed E-state index contributed by atoms with van der Waals surface area (Å²) in [5, 5.41) is 17.0. The molecule has 2 aliphatic heterocycles. The number of aromatic nitrogens is 7. The Morgan fingerprint density at radius 1 is 1.12 bits per heavy atom. The SMILES string of the molecule is Cc1ncnc(C(=O)N2CCC3(CCc4c3c(=O)n3nc(C5=CCOCC5)nc3n4CC(=O)Nc3ccc(C(F)(F)F)nc3Cl)CC2)c1O. The van der Waals surface area contributed by atoms with Gasteiger partial charge in [0.15, 0.2) is 22.4 Å². The zero-order valence-corrected chi connectivity index (χ0v) is 26.8. The van der Waals surface area contributed by atoms with E-state index in [4.69, 9.17) is 16.3 Å². The van der Waals surface area contributed by atoms with Gasteiger partial charge in [-0.25, -0.2) is 15.0 Å². The van der Waals surface area contributed by atoms with E-state index >= 15 is 0 Å². The van der Waals surface area contributed by atoms with Crippen LogP contribution in [0.1, 0.15) is 64.6 Å². The molecule has 0 saturated carbocycles. The minimum atomic E-state index is -4.71. The molecular weight excluding hydrogens is 671 g/mol. The Bertz CT molecular complexity index is 2100. The Morgan fingerprint density at radius 2 is 1.90 bits per heavy atom. The summed E-state index contributed by atoms with van der Waals surface area (Å²) in [4.78, 5) is 58.5. The summed E-state index contributed by atoms with van der Waals surface area (Å²) in [7, 11) is 0. The second-order valence-corrected chi connectivity index (χ2v) is 12.6. The first kappa shape index (κ1) is 32.6. The molecule has 6 heterocycles. The zero-order chi connectivity index (χ0) is 34.7. The van der Waals surface area contributed by atoms with Gasteiger partial charge < -0.3 is 24.6 Å². The predicted octanol–water partition coefficient (Wildman–Crippen LogP) is 3.32. The summed E-state index contributed by atoms with van der Waals surface area (Å²) in [5.74, 6) is -0.896. The van der Waals surface area contributed by atoms with Crippen LogP contribution >= 0.6 is 11.6 Å². The summed E-state index contributed by atoms with van der Waals surface area (Å²) in [5.41, 5.74) is -0.263. The Morgan fingerprint density at radius 3 is 2.59 bits per heavy atom. The maximum absolute atomic E-state index is 14.2. The van der Waals surface area contributed by atoms with Crippen LogP contribution in [0, 0.1) is 6.92 Å². The lowest BCUT2D eigenvalue weighted by Gasteiger charge is -2.39. The van der Waals surface area contributed by atoms with Gasteiger partial charge in [0.2, 0.25) is 11.7 Å². The molecular formula is C31H29ClF3N9O5. The number of nitrogens with zero attached hydrogens (tertiary/aromatic N) is 8. The normalized spacial score (nSPS) is 17.3. The number of alkyl halides is 3. The monoisotopic (exact) mass is 699 g/mol. The molecule has 1 saturated heterocycles. The highest BCUT2D eigenvalue weighted by Gasteiger charge is 2.46. The number of carbonyl (C=O) groups is 2. The Balaban J connectivity index is 1.23. The lowest BCUT2D eigenvalue weighted by atomic mass is 9.74. The fourth-order valence-electron chi connectivity index (χ4n) is 6.84. The highest BCUT2D eigenvalue weighted by molar-refractivity contribution is 6.32. The summed E-state index contributed by atoms with van der Waals surface area (Å²) < 4.78 is 47.6. The highest BCUT2D eigenvalue weighted by atomic mass is 35.5. The lowest BCUT2D eigenvalue weighted by molar-refractivity contribution is -0.141. The molecule has 1 fully saturated rings. The van der Waals surface area contributed by atoms with Gasteiger partial charge in [0, 0.05) is 29.8 Å². The number of aryl methyl sites for hydroxylation is 1. The van der Waals surface area contributed by atoms with Gasteiger partial charge in [-0.2, -0.15) is 22.7 Å². The molecule has 49 heavy (non-hydrogen) atoms. The van der Waals surface area contributed by atoms with Gasteiger partial charge >= 0.3 is 6.18 Å². The average Bonchev–Trinajstić information content (AvgIpc) is 3.69. The van der Waals surface area contributed by atoms with Gasteiger partial charge in [0.05, 0.1) is 24.6 Å². The first-order valence-electron chi connectivity index (χ1n) is 15.5. The number of nitrogens with one attached hydrogen (secondary N) is 1. The molecule has 256 valence electrons. The number of pyridine rings is 1. The summed E-state index contributed by atoms with van der Waals surface area (Å²) in [6, 6.07) is 1.75. The number of rotatable bonds is 5. The Labute approximate surface area is 280 Å². The predicted molar refractivity (Wildman–Crippen MR) is 167 cm³/mol. The van der Waals surface area contributed by atoms with Gasteiger partial charge in [-0.3, -0.25) is 14.4 Å². The molecule has 0 unspecified atom stereocenters. The molecule has 3 aliphatic rings. The van der Waals surface area contributed by atoms with E-state index < -0.39 is 34.3 Å². The number of likely N-dealkylation sites (tertiary alicyclic amines) is 1.